The molecule has 0 saturated carbocycles. The number of carbonyl (C=O) groups is 1. The van der Waals surface area contributed by atoms with Crippen molar-refractivity contribution >= 4 is 5.91 Å². The lowest BCUT2D eigenvalue weighted by molar-refractivity contribution is -0.122. The molecule has 0 aliphatic rings. The summed E-state index contributed by atoms with van der Waals surface area (Å²) < 4.78 is 13.6. The Morgan fingerprint density at radius 2 is 1.95 bits per heavy atom. The van der Waals surface area contributed by atoms with E-state index in [4.69, 9.17) is 0 Å². The zero-order valence-electron chi connectivity index (χ0n) is 12.6. The Labute approximate surface area is 121 Å². The Morgan fingerprint density at radius 1 is 1.25 bits per heavy atom. The Hall–Kier alpha value is -1.42. The second kappa shape index (κ2) is 8.69. The average molecular weight is 280 g/mol. The van der Waals surface area contributed by atoms with E-state index in [1.54, 1.807) is 25.1 Å². The fourth-order valence-corrected chi connectivity index (χ4v) is 2.11. The number of carbonyl (C=O) groups excluding carboxylic acids is 1. The van der Waals surface area contributed by atoms with E-state index >= 15 is 0 Å². The number of hydrogen-bond donors (Lipinski definition) is 2. The number of amides is 1. The summed E-state index contributed by atoms with van der Waals surface area (Å²) in [6.45, 7) is 6.49. The second-order valence-electron chi connectivity index (χ2n) is 5.13. The van der Waals surface area contributed by atoms with Crippen LogP contribution in [0.2, 0.25) is 0 Å². The molecule has 1 rings (SSSR count). The van der Waals surface area contributed by atoms with E-state index in [2.05, 4.69) is 17.6 Å². The lowest BCUT2D eigenvalue weighted by Crippen LogP contribution is -2.43. The third-order valence-electron chi connectivity index (χ3n) is 3.34. The molecular formula is C16H25FN2O. The van der Waals surface area contributed by atoms with Gasteiger partial charge in [0.25, 0.3) is 0 Å². The van der Waals surface area contributed by atoms with E-state index in [-0.39, 0.29) is 23.8 Å². The molecule has 0 spiro atoms. The van der Waals surface area contributed by atoms with Crippen LogP contribution in [0, 0.1) is 5.82 Å². The van der Waals surface area contributed by atoms with Crippen molar-refractivity contribution in [1.29, 1.82) is 0 Å². The van der Waals surface area contributed by atoms with Gasteiger partial charge in [-0.3, -0.25) is 10.1 Å². The minimum absolute atomic E-state index is 0.0377. The lowest BCUT2D eigenvalue weighted by Gasteiger charge is -2.20. The highest BCUT2D eigenvalue weighted by Crippen LogP contribution is 2.16. The molecule has 20 heavy (non-hydrogen) atoms. The highest BCUT2D eigenvalue weighted by molar-refractivity contribution is 5.81. The van der Waals surface area contributed by atoms with Gasteiger partial charge in [0.1, 0.15) is 5.82 Å². The minimum atomic E-state index is -0.341. The zero-order chi connectivity index (χ0) is 15.0. The molecule has 1 aromatic rings. The van der Waals surface area contributed by atoms with Gasteiger partial charge in [-0.2, -0.15) is 0 Å². The van der Waals surface area contributed by atoms with Crippen LogP contribution in [0.4, 0.5) is 4.39 Å². The van der Waals surface area contributed by atoms with Gasteiger partial charge in [0.05, 0.1) is 6.04 Å². The van der Waals surface area contributed by atoms with Gasteiger partial charge in [0, 0.05) is 18.2 Å². The van der Waals surface area contributed by atoms with Crippen molar-refractivity contribution < 1.29 is 9.18 Å². The van der Waals surface area contributed by atoms with Gasteiger partial charge in [-0.15, -0.1) is 0 Å². The van der Waals surface area contributed by atoms with E-state index in [9.17, 15) is 9.18 Å². The summed E-state index contributed by atoms with van der Waals surface area (Å²) in [6.07, 6.45) is 3.25. The molecule has 3 nitrogen and oxygen atoms in total. The third kappa shape index (κ3) is 5.29. The van der Waals surface area contributed by atoms with Crippen molar-refractivity contribution in [2.45, 2.75) is 52.1 Å². The molecule has 1 unspecified atom stereocenters. The zero-order valence-corrected chi connectivity index (χ0v) is 12.6. The van der Waals surface area contributed by atoms with Crippen molar-refractivity contribution in [2.75, 3.05) is 6.54 Å². The van der Waals surface area contributed by atoms with E-state index in [1.807, 2.05) is 6.92 Å². The van der Waals surface area contributed by atoms with Crippen molar-refractivity contribution in [3.63, 3.8) is 0 Å². The summed E-state index contributed by atoms with van der Waals surface area (Å²) in [7, 11) is 0. The first kappa shape index (κ1) is 16.6. The first-order valence-electron chi connectivity index (χ1n) is 7.34. The molecule has 0 radical (unpaired) electrons. The molecule has 0 bridgehead atoms. The number of unbranched alkanes of at least 4 members (excludes halogenated alkanes) is 2. The van der Waals surface area contributed by atoms with Crippen LogP contribution >= 0.6 is 0 Å². The van der Waals surface area contributed by atoms with E-state index in [1.165, 1.54) is 6.07 Å². The SMILES string of the molecule is CCCCCNC(=O)C(C)N[C@H](C)c1ccccc1F. The summed E-state index contributed by atoms with van der Waals surface area (Å²) in [5.74, 6) is -0.285. The topological polar surface area (TPSA) is 41.1 Å². The maximum absolute atomic E-state index is 13.6. The lowest BCUT2D eigenvalue weighted by atomic mass is 10.1. The molecule has 1 amide bonds. The molecule has 4 heteroatoms. The summed E-state index contributed by atoms with van der Waals surface area (Å²) in [4.78, 5) is 11.9. The van der Waals surface area contributed by atoms with Gasteiger partial charge in [-0.1, -0.05) is 38.0 Å². The van der Waals surface area contributed by atoms with Crippen molar-refractivity contribution in [3.05, 3.63) is 35.6 Å². The van der Waals surface area contributed by atoms with Crippen LogP contribution < -0.4 is 10.6 Å². The molecule has 112 valence electrons. The maximum Gasteiger partial charge on any atom is 0.236 e. The Bertz CT molecular complexity index is 423. The minimum Gasteiger partial charge on any atom is -0.355 e. The number of benzene rings is 1. The van der Waals surface area contributed by atoms with Crippen molar-refractivity contribution in [1.82, 2.24) is 10.6 Å². The summed E-state index contributed by atoms with van der Waals surface area (Å²) >= 11 is 0. The summed E-state index contributed by atoms with van der Waals surface area (Å²) in [5.41, 5.74) is 0.582. The van der Waals surface area contributed by atoms with E-state index in [0.717, 1.165) is 19.3 Å². The first-order chi connectivity index (χ1) is 9.56. The van der Waals surface area contributed by atoms with E-state index < -0.39 is 0 Å². The third-order valence-corrected chi connectivity index (χ3v) is 3.34. The highest BCUT2D eigenvalue weighted by atomic mass is 19.1. The normalized spacial score (nSPS) is 13.8. The van der Waals surface area contributed by atoms with Gasteiger partial charge >= 0.3 is 0 Å². The Balaban J connectivity index is 2.43. The Morgan fingerprint density at radius 3 is 2.60 bits per heavy atom. The predicted molar refractivity (Wildman–Crippen MR) is 79.9 cm³/mol. The summed E-state index contributed by atoms with van der Waals surface area (Å²) in [6, 6.07) is 6.09. The van der Waals surface area contributed by atoms with Crippen LogP contribution in [0.1, 0.15) is 51.6 Å². The quantitative estimate of drug-likeness (QED) is 0.718. The van der Waals surface area contributed by atoms with Crippen LogP contribution in [0.5, 0.6) is 0 Å². The van der Waals surface area contributed by atoms with Crippen LogP contribution in [0.3, 0.4) is 0 Å². The monoisotopic (exact) mass is 280 g/mol. The molecule has 0 saturated heterocycles. The molecular weight excluding hydrogens is 255 g/mol. The van der Waals surface area contributed by atoms with Gasteiger partial charge in [0.15, 0.2) is 0 Å². The van der Waals surface area contributed by atoms with Gasteiger partial charge in [-0.05, 0) is 26.3 Å². The largest absolute Gasteiger partial charge is 0.355 e. The van der Waals surface area contributed by atoms with Crippen LogP contribution in [0.25, 0.3) is 0 Å². The van der Waals surface area contributed by atoms with Gasteiger partial charge < -0.3 is 5.32 Å². The summed E-state index contributed by atoms with van der Waals surface area (Å²) in [5, 5.41) is 6.02. The maximum atomic E-state index is 13.6. The molecule has 0 aliphatic carbocycles. The fourth-order valence-electron chi connectivity index (χ4n) is 2.11. The number of hydrogen-bond acceptors (Lipinski definition) is 2. The molecule has 0 aromatic heterocycles. The predicted octanol–water partition coefficient (Wildman–Crippen LogP) is 3.17. The second-order valence-corrected chi connectivity index (χ2v) is 5.13. The van der Waals surface area contributed by atoms with Gasteiger partial charge in [0.2, 0.25) is 5.91 Å². The number of nitrogens with one attached hydrogen (secondary N) is 2. The molecule has 0 aliphatic heterocycles. The molecule has 2 atom stereocenters. The molecule has 0 fully saturated rings. The average Bonchev–Trinajstić information content (AvgIpc) is 2.43. The Kier molecular flexibility index (Phi) is 7.23. The number of rotatable bonds is 8. The van der Waals surface area contributed by atoms with Crippen LogP contribution in [-0.4, -0.2) is 18.5 Å². The van der Waals surface area contributed by atoms with E-state index in [0.29, 0.717) is 12.1 Å². The van der Waals surface area contributed by atoms with Crippen LogP contribution in [-0.2, 0) is 4.79 Å². The fraction of sp³-hybridized carbons (Fsp3) is 0.562. The standard InChI is InChI=1S/C16H25FN2O/c1-4-5-8-11-18-16(20)13(3)19-12(2)14-9-6-7-10-15(14)17/h6-7,9-10,12-13,19H,4-5,8,11H2,1-3H3,(H,18,20)/t12-,13?/m1/s1. The van der Waals surface area contributed by atoms with Crippen molar-refractivity contribution in [3.8, 4) is 0 Å². The van der Waals surface area contributed by atoms with Crippen LogP contribution in [0.15, 0.2) is 24.3 Å². The molecule has 0 heterocycles. The van der Waals surface area contributed by atoms with Gasteiger partial charge in [-0.25, -0.2) is 4.39 Å². The smallest absolute Gasteiger partial charge is 0.236 e. The molecule has 1 aromatic carbocycles. The first-order valence-corrected chi connectivity index (χ1v) is 7.34. The highest BCUT2D eigenvalue weighted by Gasteiger charge is 2.17. The molecule has 2 N–H and O–H groups in total. The van der Waals surface area contributed by atoms with Crippen molar-refractivity contribution in [2.24, 2.45) is 0 Å². The number of halogens is 1.